The van der Waals surface area contributed by atoms with Crippen LogP contribution in [0.1, 0.15) is 49.0 Å². The number of ether oxygens (including phenoxy) is 1. The van der Waals surface area contributed by atoms with E-state index in [4.69, 9.17) is 4.74 Å². The Bertz CT molecular complexity index is 646. The standard InChI is InChI=1S/C17H24N4O3/c1-21-9-13(14(20-21)15(22)24-2)18-16(23)19-17-6-10-3-11(7-17)5-12(4-10)8-17/h9-12H,3-8H2,1-2H3,(H2,18,19,23). The fourth-order valence-electron chi connectivity index (χ4n) is 5.49. The topological polar surface area (TPSA) is 85.2 Å². The maximum Gasteiger partial charge on any atom is 0.360 e. The van der Waals surface area contributed by atoms with Crippen molar-refractivity contribution in [3.63, 3.8) is 0 Å². The lowest BCUT2D eigenvalue weighted by molar-refractivity contribution is -0.0127. The van der Waals surface area contributed by atoms with Gasteiger partial charge in [-0.1, -0.05) is 0 Å². The summed E-state index contributed by atoms with van der Waals surface area (Å²) in [7, 11) is 3.00. The zero-order chi connectivity index (χ0) is 16.9. The van der Waals surface area contributed by atoms with Crippen LogP contribution >= 0.6 is 0 Å². The van der Waals surface area contributed by atoms with Crippen molar-refractivity contribution in [1.29, 1.82) is 0 Å². The van der Waals surface area contributed by atoms with Crippen molar-refractivity contribution in [1.82, 2.24) is 15.1 Å². The molecule has 2 N–H and O–H groups in total. The van der Waals surface area contributed by atoms with Gasteiger partial charge in [0.15, 0.2) is 5.69 Å². The molecule has 0 saturated heterocycles. The van der Waals surface area contributed by atoms with Gasteiger partial charge in [0, 0.05) is 18.8 Å². The number of methoxy groups -OCH3 is 1. The molecular weight excluding hydrogens is 308 g/mol. The van der Waals surface area contributed by atoms with Gasteiger partial charge in [0.05, 0.1) is 12.8 Å². The van der Waals surface area contributed by atoms with Gasteiger partial charge >= 0.3 is 12.0 Å². The van der Waals surface area contributed by atoms with Crippen molar-refractivity contribution >= 4 is 17.7 Å². The van der Waals surface area contributed by atoms with Crippen molar-refractivity contribution in [2.45, 2.75) is 44.1 Å². The van der Waals surface area contributed by atoms with Crippen LogP contribution in [-0.2, 0) is 11.8 Å². The van der Waals surface area contributed by atoms with Crippen LogP contribution < -0.4 is 10.6 Å². The summed E-state index contributed by atoms with van der Waals surface area (Å²) in [6.45, 7) is 0. The van der Waals surface area contributed by atoms with E-state index in [2.05, 4.69) is 15.7 Å². The molecule has 2 amide bonds. The Labute approximate surface area is 141 Å². The molecule has 0 spiro atoms. The second-order valence-corrected chi connectivity index (χ2v) is 7.83. The zero-order valence-corrected chi connectivity index (χ0v) is 14.2. The predicted octanol–water partition coefficient (Wildman–Crippen LogP) is 2.30. The summed E-state index contributed by atoms with van der Waals surface area (Å²) in [5, 5.41) is 10.1. The van der Waals surface area contributed by atoms with Crippen molar-refractivity contribution in [3.8, 4) is 0 Å². The largest absolute Gasteiger partial charge is 0.464 e. The van der Waals surface area contributed by atoms with Crippen LogP contribution in [0.25, 0.3) is 0 Å². The monoisotopic (exact) mass is 332 g/mol. The van der Waals surface area contributed by atoms with E-state index in [1.165, 1.54) is 31.1 Å². The third kappa shape index (κ3) is 2.65. The van der Waals surface area contributed by atoms with E-state index in [-0.39, 0.29) is 17.3 Å². The second kappa shape index (κ2) is 5.50. The Morgan fingerprint density at radius 2 is 1.79 bits per heavy atom. The first kappa shape index (κ1) is 15.5. The Kier molecular flexibility index (Phi) is 3.54. The van der Waals surface area contributed by atoms with Crippen LogP contribution in [0.2, 0.25) is 0 Å². The van der Waals surface area contributed by atoms with Gasteiger partial charge in [-0.3, -0.25) is 4.68 Å². The Hall–Kier alpha value is -2.05. The minimum atomic E-state index is -0.555. The minimum Gasteiger partial charge on any atom is -0.464 e. The van der Waals surface area contributed by atoms with Crippen molar-refractivity contribution in [2.24, 2.45) is 24.8 Å². The van der Waals surface area contributed by atoms with Crippen molar-refractivity contribution in [2.75, 3.05) is 12.4 Å². The summed E-state index contributed by atoms with van der Waals surface area (Å²) < 4.78 is 6.21. The summed E-state index contributed by atoms with van der Waals surface area (Å²) in [4.78, 5) is 24.3. The fraction of sp³-hybridized carbons (Fsp3) is 0.706. The van der Waals surface area contributed by atoms with Crippen LogP contribution in [0.4, 0.5) is 10.5 Å². The van der Waals surface area contributed by atoms with Gasteiger partial charge in [0.2, 0.25) is 0 Å². The molecule has 4 aliphatic carbocycles. The minimum absolute atomic E-state index is 0.0630. The molecule has 4 bridgehead atoms. The SMILES string of the molecule is COC(=O)c1nn(C)cc1NC(=O)NC12CC3CC(CC(C3)C1)C2. The smallest absolute Gasteiger partial charge is 0.360 e. The number of aryl methyl sites for hydroxylation is 1. The van der Waals surface area contributed by atoms with Crippen LogP contribution in [0, 0.1) is 17.8 Å². The third-order valence-electron chi connectivity index (χ3n) is 5.87. The number of aromatic nitrogens is 2. The molecule has 4 aliphatic rings. The Balaban J connectivity index is 1.47. The van der Waals surface area contributed by atoms with E-state index in [1.54, 1.807) is 13.2 Å². The molecule has 1 aromatic rings. The van der Waals surface area contributed by atoms with Gasteiger partial charge in [0.1, 0.15) is 0 Å². The molecule has 24 heavy (non-hydrogen) atoms. The number of hydrogen-bond donors (Lipinski definition) is 2. The third-order valence-corrected chi connectivity index (χ3v) is 5.87. The van der Waals surface area contributed by atoms with E-state index < -0.39 is 5.97 Å². The fourth-order valence-corrected chi connectivity index (χ4v) is 5.49. The number of anilines is 1. The van der Waals surface area contributed by atoms with Gasteiger partial charge in [-0.05, 0) is 56.3 Å². The predicted molar refractivity (Wildman–Crippen MR) is 87.6 cm³/mol. The van der Waals surface area contributed by atoms with Gasteiger partial charge in [-0.25, -0.2) is 9.59 Å². The molecule has 4 saturated carbocycles. The van der Waals surface area contributed by atoms with Gasteiger partial charge in [-0.2, -0.15) is 5.10 Å². The Morgan fingerprint density at radius 1 is 1.21 bits per heavy atom. The van der Waals surface area contributed by atoms with Crippen LogP contribution in [-0.4, -0.2) is 34.4 Å². The number of carbonyl (C=O) groups is 2. The zero-order valence-electron chi connectivity index (χ0n) is 14.2. The summed E-state index contributed by atoms with van der Waals surface area (Å²) in [6, 6.07) is -0.255. The lowest BCUT2D eigenvalue weighted by atomic mass is 9.53. The molecule has 0 aliphatic heterocycles. The highest BCUT2D eigenvalue weighted by Gasteiger charge is 2.51. The maximum absolute atomic E-state index is 12.6. The molecule has 5 rings (SSSR count). The molecular formula is C17H24N4O3. The van der Waals surface area contributed by atoms with Crippen LogP contribution in [0.15, 0.2) is 6.20 Å². The maximum atomic E-state index is 12.6. The first-order chi connectivity index (χ1) is 11.5. The average molecular weight is 332 g/mol. The number of carbonyl (C=O) groups excluding carboxylic acids is 2. The van der Waals surface area contributed by atoms with E-state index in [1.807, 2.05) is 0 Å². The van der Waals surface area contributed by atoms with Gasteiger partial charge < -0.3 is 15.4 Å². The molecule has 0 aromatic carbocycles. The molecule has 0 radical (unpaired) electrons. The van der Waals surface area contributed by atoms with E-state index in [0.717, 1.165) is 37.0 Å². The van der Waals surface area contributed by atoms with Gasteiger partial charge in [0.25, 0.3) is 0 Å². The average Bonchev–Trinajstić information content (AvgIpc) is 2.84. The highest BCUT2D eigenvalue weighted by molar-refractivity contribution is 5.99. The first-order valence-corrected chi connectivity index (χ1v) is 8.67. The normalized spacial score (nSPS) is 33.3. The van der Waals surface area contributed by atoms with Crippen LogP contribution in [0.3, 0.4) is 0 Å². The number of urea groups is 1. The molecule has 7 heteroatoms. The lowest BCUT2D eigenvalue weighted by Gasteiger charge is -2.56. The Morgan fingerprint density at radius 3 is 2.33 bits per heavy atom. The summed E-state index contributed by atoms with van der Waals surface area (Å²) in [5.74, 6) is 1.74. The number of hydrogen-bond acceptors (Lipinski definition) is 4. The molecule has 4 fully saturated rings. The number of nitrogens with zero attached hydrogens (tertiary/aromatic N) is 2. The van der Waals surface area contributed by atoms with Crippen molar-refractivity contribution < 1.29 is 14.3 Å². The molecule has 1 heterocycles. The number of rotatable bonds is 3. The molecule has 130 valence electrons. The van der Waals surface area contributed by atoms with E-state index in [9.17, 15) is 9.59 Å². The summed E-state index contributed by atoms with van der Waals surface area (Å²) >= 11 is 0. The van der Waals surface area contributed by atoms with Gasteiger partial charge in [-0.15, -0.1) is 0 Å². The highest BCUT2D eigenvalue weighted by Crippen LogP contribution is 2.55. The summed E-state index contributed by atoms with van der Waals surface area (Å²) in [6.07, 6.45) is 8.87. The quantitative estimate of drug-likeness (QED) is 0.832. The molecule has 7 nitrogen and oxygen atoms in total. The second-order valence-electron chi connectivity index (χ2n) is 7.83. The molecule has 1 aromatic heterocycles. The first-order valence-electron chi connectivity index (χ1n) is 8.67. The highest BCUT2D eigenvalue weighted by atomic mass is 16.5. The number of nitrogens with one attached hydrogen (secondary N) is 2. The molecule has 0 atom stereocenters. The van der Waals surface area contributed by atoms with E-state index >= 15 is 0 Å². The van der Waals surface area contributed by atoms with Crippen LogP contribution in [0.5, 0.6) is 0 Å². The number of amides is 2. The molecule has 0 unspecified atom stereocenters. The van der Waals surface area contributed by atoms with E-state index in [0.29, 0.717) is 5.69 Å². The lowest BCUT2D eigenvalue weighted by Crippen LogP contribution is -2.60. The number of esters is 1. The van der Waals surface area contributed by atoms with Crippen molar-refractivity contribution in [3.05, 3.63) is 11.9 Å². The summed E-state index contributed by atoms with van der Waals surface area (Å²) in [5.41, 5.74) is 0.444.